The normalized spacial score (nSPS) is 18.7. The van der Waals surface area contributed by atoms with Crippen LogP contribution in [-0.4, -0.2) is 40.0 Å². The lowest BCUT2D eigenvalue weighted by atomic mass is 9.88. The summed E-state index contributed by atoms with van der Waals surface area (Å²) < 4.78 is 0. The zero-order chi connectivity index (χ0) is 13.7. The molecule has 1 fully saturated rings. The number of aromatic nitrogens is 2. The van der Waals surface area contributed by atoms with E-state index in [-0.39, 0.29) is 11.6 Å². The molecule has 2 rings (SSSR count). The monoisotopic (exact) mass is 262 g/mol. The average molecular weight is 262 g/mol. The van der Waals surface area contributed by atoms with E-state index in [2.05, 4.69) is 41.0 Å². The first-order valence-corrected chi connectivity index (χ1v) is 7.39. The minimum atomic E-state index is 0.0936. The van der Waals surface area contributed by atoms with Crippen molar-refractivity contribution in [2.75, 3.05) is 19.6 Å². The molecule has 0 saturated carbocycles. The molecular formula is C15H26N4. The first-order valence-electron chi connectivity index (χ1n) is 7.39. The molecule has 0 spiro atoms. The number of nitrogens with zero attached hydrogens (tertiary/aromatic N) is 3. The molecule has 1 aliphatic heterocycles. The summed E-state index contributed by atoms with van der Waals surface area (Å²) in [6.07, 6.45) is 9.25. The summed E-state index contributed by atoms with van der Waals surface area (Å²) >= 11 is 0. The van der Waals surface area contributed by atoms with Crippen LogP contribution in [0.15, 0.2) is 18.7 Å². The van der Waals surface area contributed by atoms with Crippen molar-refractivity contribution in [2.24, 2.45) is 0 Å². The maximum atomic E-state index is 4.18. The number of hydrogen-bond acceptors (Lipinski definition) is 4. The van der Waals surface area contributed by atoms with E-state index in [9.17, 15) is 0 Å². The molecule has 19 heavy (non-hydrogen) atoms. The Morgan fingerprint density at radius 3 is 2.47 bits per heavy atom. The first-order chi connectivity index (χ1) is 9.16. The third-order valence-electron chi connectivity index (χ3n) is 4.14. The van der Waals surface area contributed by atoms with E-state index < -0.39 is 0 Å². The second-order valence-electron chi connectivity index (χ2n) is 5.91. The number of nitrogens with one attached hydrogen (secondary N) is 1. The maximum absolute atomic E-state index is 4.18. The van der Waals surface area contributed by atoms with Crippen LogP contribution in [0.5, 0.6) is 0 Å². The second kappa shape index (κ2) is 6.44. The summed E-state index contributed by atoms with van der Waals surface area (Å²) in [7, 11) is 0. The third kappa shape index (κ3) is 3.31. The van der Waals surface area contributed by atoms with Gasteiger partial charge in [0.1, 0.15) is 6.33 Å². The van der Waals surface area contributed by atoms with Crippen molar-refractivity contribution in [2.45, 2.75) is 51.6 Å². The molecule has 0 aliphatic carbocycles. The van der Waals surface area contributed by atoms with E-state index in [1.54, 1.807) is 6.33 Å². The van der Waals surface area contributed by atoms with Gasteiger partial charge in [0.05, 0.1) is 6.04 Å². The van der Waals surface area contributed by atoms with E-state index in [1.807, 2.05) is 12.4 Å². The molecule has 1 N–H and O–H groups in total. The standard InChI is InChI=1S/C15H26N4/c1-4-7-18-14(13-10-16-12-17-11-13)15(2,3)19-8-5-6-9-19/h10-12,14,18H,4-9H2,1-3H3. The second-order valence-corrected chi connectivity index (χ2v) is 5.91. The molecule has 1 unspecified atom stereocenters. The topological polar surface area (TPSA) is 41.1 Å². The Balaban J connectivity index is 2.20. The van der Waals surface area contributed by atoms with Crippen molar-refractivity contribution < 1.29 is 0 Å². The highest BCUT2D eigenvalue weighted by molar-refractivity contribution is 5.16. The molecule has 0 aromatic carbocycles. The molecule has 1 atom stereocenters. The van der Waals surface area contributed by atoms with Gasteiger partial charge in [0.2, 0.25) is 0 Å². The van der Waals surface area contributed by atoms with Crippen LogP contribution in [0.25, 0.3) is 0 Å². The van der Waals surface area contributed by atoms with Gasteiger partial charge in [0.25, 0.3) is 0 Å². The summed E-state index contributed by atoms with van der Waals surface area (Å²) in [5, 5.41) is 3.68. The highest BCUT2D eigenvalue weighted by atomic mass is 15.2. The smallest absolute Gasteiger partial charge is 0.115 e. The van der Waals surface area contributed by atoms with Gasteiger partial charge in [-0.3, -0.25) is 4.90 Å². The fourth-order valence-corrected chi connectivity index (χ4v) is 3.00. The van der Waals surface area contributed by atoms with Crippen LogP contribution < -0.4 is 5.32 Å². The molecule has 0 radical (unpaired) electrons. The number of rotatable bonds is 6. The van der Waals surface area contributed by atoms with Crippen LogP contribution in [0.1, 0.15) is 51.6 Å². The predicted molar refractivity (Wildman–Crippen MR) is 78.0 cm³/mol. The summed E-state index contributed by atoms with van der Waals surface area (Å²) in [5.41, 5.74) is 1.28. The third-order valence-corrected chi connectivity index (χ3v) is 4.14. The van der Waals surface area contributed by atoms with Crippen LogP contribution in [0.3, 0.4) is 0 Å². The Bertz CT molecular complexity index is 371. The van der Waals surface area contributed by atoms with Gasteiger partial charge in [-0.1, -0.05) is 6.92 Å². The lowest BCUT2D eigenvalue weighted by molar-refractivity contribution is 0.106. The van der Waals surface area contributed by atoms with Crippen LogP contribution in [0.2, 0.25) is 0 Å². The molecular weight excluding hydrogens is 236 g/mol. The van der Waals surface area contributed by atoms with Crippen molar-refractivity contribution in [3.8, 4) is 0 Å². The number of likely N-dealkylation sites (tertiary alicyclic amines) is 1. The molecule has 1 aromatic heterocycles. The molecule has 0 bridgehead atoms. The van der Waals surface area contributed by atoms with E-state index >= 15 is 0 Å². The van der Waals surface area contributed by atoms with E-state index in [1.165, 1.54) is 31.5 Å². The van der Waals surface area contributed by atoms with Gasteiger partial charge in [0.15, 0.2) is 0 Å². The van der Waals surface area contributed by atoms with E-state index in [0.717, 1.165) is 13.0 Å². The van der Waals surface area contributed by atoms with Crippen LogP contribution in [0.4, 0.5) is 0 Å². The Kier molecular flexibility index (Phi) is 4.88. The lowest BCUT2D eigenvalue weighted by Gasteiger charge is -2.42. The van der Waals surface area contributed by atoms with Crippen LogP contribution >= 0.6 is 0 Å². The zero-order valence-corrected chi connectivity index (χ0v) is 12.4. The Morgan fingerprint density at radius 2 is 1.89 bits per heavy atom. The fourth-order valence-electron chi connectivity index (χ4n) is 3.00. The summed E-state index contributed by atoms with van der Waals surface area (Å²) in [6.45, 7) is 10.3. The van der Waals surface area contributed by atoms with Crippen LogP contribution in [-0.2, 0) is 0 Å². The van der Waals surface area contributed by atoms with Gasteiger partial charge in [-0.2, -0.15) is 0 Å². The highest BCUT2D eigenvalue weighted by Gasteiger charge is 2.37. The fraction of sp³-hybridized carbons (Fsp3) is 0.733. The van der Waals surface area contributed by atoms with Gasteiger partial charge in [-0.15, -0.1) is 0 Å². The minimum absolute atomic E-state index is 0.0936. The molecule has 4 heteroatoms. The molecule has 1 aliphatic rings. The Labute approximate surface area is 116 Å². The van der Waals surface area contributed by atoms with Gasteiger partial charge in [0, 0.05) is 23.5 Å². The molecule has 106 valence electrons. The van der Waals surface area contributed by atoms with Crippen molar-refractivity contribution in [1.29, 1.82) is 0 Å². The molecule has 0 amide bonds. The number of hydrogen-bond donors (Lipinski definition) is 1. The molecule has 4 nitrogen and oxygen atoms in total. The quantitative estimate of drug-likeness (QED) is 0.854. The Hall–Kier alpha value is -1.00. The van der Waals surface area contributed by atoms with Crippen molar-refractivity contribution in [3.05, 3.63) is 24.3 Å². The zero-order valence-electron chi connectivity index (χ0n) is 12.4. The van der Waals surface area contributed by atoms with Gasteiger partial charge >= 0.3 is 0 Å². The van der Waals surface area contributed by atoms with Gasteiger partial charge < -0.3 is 5.32 Å². The SMILES string of the molecule is CCCNC(c1cncnc1)C(C)(C)N1CCCC1. The van der Waals surface area contributed by atoms with Gasteiger partial charge in [-0.05, 0) is 52.7 Å². The summed E-state index contributed by atoms with van der Waals surface area (Å²) in [4.78, 5) is 11.0. The summed E-state index contributed by atoms with van der Waals surface area (Å²) in [5.74, 6) is 0. The summed E-state index contributed by atoms with van der Waals surface area (Å²) in [6, 6.07) is 0.284. The Morgan fingerprint density at radius 1 is 1.26 bits per heavy atom. The minimum Gasteiger partial charge on any atom is -0.308 e. The van der Waals surface area contributed by atoms with Gasteiger partial charge in [-0.25, -0.2) is 9.97 Å². The van der Waals surface area contributed by atoms with Crippen molar-refractivity contribution in [1.82, 2.24) is 20.2 Å². The highest BCUT2D eigenvalue weighted by Crippen LogP contribution is 2.33. The maximum Gasteiger partial charge on any atom is 0.115 e. The van der Waals surface area contributed by atoms with E-state index in [4.69, 9.17) is 0 Å². The van der Waals surface area contributed by atoms with Crippen LogP contribution in [0, 0.1) is 0 Å². The molecule has 2 heterocycles. The van der Waals surface area contributed by atoms with Crippen molar-refractivity contribution >= 4 is 0 Å². The largest absolute Gasteiger partial charge is 0.308 e. The predicted octanol–water partition coefficient (Wildman–Crippen LogP) is 2.39. The lowest BCUT2D eigenvalue weighted by Crippen LogP contribution is -2.51. The molecule has 1 aromatic rings. The average Bonchev–Trinajstić information content (AvgIpc) is 2.95. The first kappa shape index (κ1) is 14.4. The van der Waals surface area contributed by atoms with E-state index in [0.29, 0.717) is 0 Å². The molecule has 1 saturated heterocycles. The van der Waals surface area contributed by atoms with Crippen molar-refractivity contribution in [3.63, 3.8) is 0 Å².